The molecule has 1 aromatic carbocycles. The zero-order chi connectivity index (χ0) is 18.8. The van der Waals surface area contributed by atoms with Crippen LogP contribution in [0.3, 0.4) is 0 Å². The van der Waals surface area contributed by atoms with Crippen molar-refractivity contribution in [3.63, 3.8) is 0 Å². The minimum absolute atomic E-state index is 0.0103. The molecule has 140 valence electrons. The molecular weight excluding hydrogens is 362 g/mol. The molecule has 1 unspecified atom stereocenters. The predicted molar refractivity (Wildman–Crippen MR) is 104 cm³/mol. The van der Waals surface area contributed by atoms with Crippen LogP contribution < -0.4 is 0 Å². The number of imidazole rings is 1. The van der Waals surface area contributed by atoms with Crippen LogP contribution in [0.25, 0.3) is 5.69 Å². The van der Waals surface area contributed by atoms with Gasteiger partial charge in [0.2, 0.25) is 0 Å². The van der Waals surface area contributed by atoms with E-state index >= 15 is 0 Å². The molecule has 3 heterocycles. The Morgan fingerprint density at radius 3 is 3.00 bits per heavy atom. The number of benzene rings is 1. The monoisotopic (exact) mass is 383 g/mol. The van der Waals surface area contributed by atoms with E-state index in [1.165, 1.54) is 0 Å². The van der Waals surface area contributed by atoms with Crippen LogP contribution >= 0.6 is 11.6 Å². The first-order valence-corrected chi connectivity index (χ1v) is 9.65. The third-order valence-electron chi connectivity index (χ3n) is 5.07. The molecular formula is C20H22ClN5O. The molecule has 0 N–H and O–H groups in total. The Balaban J connectivity index is 1.52. The lowest BCUT2D eigenvalue weighted by molar-refractivity contribution is 0.0678. The minimum Gasteiger partial charge on any atom is -0.336 e. The average molecular weight is 384 g/mol. The van der Waals surface area contributed by atoms with Gasteiger partial charge in [-0.15, -0.1) is 0 Å². The summed E-state index contributed by atoms with van der Waals surface area (Å²) in [5.41, 5.74) is 1.35. The Morgan fingerprint density at radius 1 is 1.33 bits per heavy atom. The molecule has 0 spiro atoms. The highest BCUT2D eigenvalue weighted by Crippen LogP contribution is 2.25. The Bertz CT molecular complexity index is 947. The van der Waals surface area contributed by atoms with Crippen molar-refractivity contribution in [2.75, 3.05) is 13.1 Å². The fourth-order valence-electron chi connectivity index (χ4n) is 3.70. The largest absolute Gasteiger partial charge is 0.336 e. The van der Waals surface area contributed by atoms with Gasteiger partial charge in [-0.2, -0.15) is 5.10 Å². The number of likely N-dealkylation sites (tertiary alicyclic amines) is 1. The number of hydrogen-bond donors (Lipinski definition) is 0. The summed E-state index contributed by atoms with van der Waals surface area (Å²) in [5, 5.41) is 4.93. The van der Waals surface area contributed by atoms with Crippen molar-refractivity contribution in [3.8, 4) is 5.69 Å². The highest BCUT2D eigenvalue weighted by Gasteiger charge is 2.27. The fraction of sp³-hybridized carbons (Fsp3) is 0.350. The number of piperidine rings is 1. The number of nitrogens with zero attached hydrogens (tertiary/aromatic N) is 5. The van der Waals surface area contributed by atoms with Crippen LogP contribution in [0.1, 0.15) is 42.0 Å². The van der Waals surface area contributed by atoms with Crippen molar-refractivity contribution in [3.05, 3.63) is 65.5 Å². The van der Waals surface area contributed by atoms with Crippen molar-refractivity contribution in [1.29, 1.82) is 0 Å². The molecule has 2 aromatic heterocycles. The molecule has 6 nitrogen and oxygen atoms in total. The number of aromatic nitrogens is 4. The number of halogens is 1. The second-order valence-corrected chi connectivity index (χ2v) is 7.18. The van der Waals surface area contributed by atoms with Crippen LogP contribution in [0.2, 0.25) is 5.02 Å². The molecule has 1 aliphatic rings. The van der Waals surface area contributed by atoms with E-state index in [4.69, 9.17) is 11.6 Å². The second-order valence-electron chi connectivity index (χ2n) is 6.78. The van der Waals surface area contributed by atoms with Crippen LogP contribution in [0.4, 0.5) is 0 Å². The van der Waals surface area contributed by atoms with Gasteiger partial charge in [-0.05, 0) is 25.0 Å². The lowest BCUT2D eigenvalue weighted by Crippen LogP contribution is -2.40. The molecule has 0 bridgehead atoms. The Hall–Kier alpha value is -2.60. The summed E-state index contributed by atoms with van der Waals surface area (Å²) in [5.74, 6) is 1.08. The summed E-state index contributed by atoms with van der Waals surface area (Å²) >= 11 is 6.24. The highest BCUT2D eigenvalue weighted by molar-refractivity contribution is 6.32. The molecule has 1 fully saturated rings. The molecule has 1 amide bonds. The van der Waals surface area contributed by atoms with Gasteiger partial charge in [0.15, 0.2) is 0 Å². The highest BCUT2D eigenvalue weighted by atomic mass is 35.5. The Kier molecular flexibility index (Phi) is 4.99. The number of carbonyl (C=O) groups excluding carboxylic acids is 1. The zero-order valence-corrected chi connectivity index (χ0v) is 16.0. The van der Waals surface area contributed by atoms with E-state index in [0.717, 1.165) is 37.3 Å². The molecule has 0 saturated carbocycles. The maximum Gasteiger partial charge on any atom is 0.257 e. The van der Waals surface area contributed by atoms with Gasteiger partial charge in [-0.25, -0.2) is 9.67 Å². The molecule has 1 saturated heterocycles. The molecule has 27 heavy (non-hydrogen) atoms. The first kappa shape index (κ1) is 17.8. The second kappa shape index (κ2) is 7.56. The number of rotatable bonds is 4. The number of carbonyl (C=O) groups is 1. The summed E-state index contributed by atoms with van der Waals surface area (Å²) in [6, 6.07) is 7.74. The third kappa shape index (κ3) is 3.49. The minimum atomic E-state index is 0.0103. The molecule has 7 heteroatoms. The van der Waals surface area contributed by atoms with Gasteiger partial charge in [-0.1, -0.05) is 30.7 Å². The third-order valence-corrected chi connectivity index (χ3v) is 5.39. The smallest absolute Gasteiger partial charge is 0.257 e. The van der Waals surface area contributed by atoms with Crippen LogP contribution in [0, 0.1) is 0 Å². The maximum atomic E-state index is 13.0. The molecule has 1 atom stereocenters. The average Bonchev–Trinajstić information content (AvgIpc) is 3.37. The van der Waals surface area contributed by atoms with Crippen molar-refractivity contribution in [2.45, 2.75) is 32.2 Å². The van der Waals surface area contributed by atoms with Crippen LogP contribution in [0.15, 0.2) is 49.1 Å². The summed E-state index contributed by atoms with van der Waals surface area (Å²) in [4.78, 5) is 19.3. The lowest BCUT2D eigenvalue weighted by Gasteiger charge is -2.34. The van der Waals surface area contributed by atoms with E-state index in [1.54, 1.807) is 17.1 Å². The first-order valence-electron chi connectivity index (χ1n) is 9.28. The normalized spacial score (nSPS) is 17.3. The van der Waals surface area contributed by atoms with E-state index in [9.17, 15) is 4.79 Å². The van der Waals surface area contributed by atoms with E-state index in [0.29, 0.717) is 17.1 Å². The van der Waals surface area contributed by atoms with Gasteiger partial charge in [0, 0.05) is 38.1 Å². The molecule has 1 aliphatic heterocycles. The Morgan fingerprint density at radius 2 is 2.19 bits per heavy atom. The maximum absolute atomic E-state index is 13.0. The van der Waals surface area contributed by atoms with Gasteiger partial charge >= 0.3 is 0 Å². The number of para-hydroxylation sites is 1. The molecule has 3 aromatic rings. The quantitative estimate of drug-likeness (QED) is 0.689. The van der Waals surface area contributed by atoms with E-state index < -0.39 is 0 Å². The summed E-state index contributed by atoms with van der Waals surface area (Å²) in [6.45, 7) is 3.57. The summed E-state index contributed by atoms with van der Waals surface area (Å²) in [6.07, 6.45) is 10.2. The molecule has 0 radical (unpaired) electrons. The van der Waals surface area contributed by atoms with Crippen molar-refractivity contribution in [2.24, 2.45) is 0 Å². The zero-order valence-electron chi connectivity index (χ0n) is 15.3. The summed E-state index contributed by atoms with van der Waals surface area (Å²) < 4.78 is 3.87. The summed E-state index contributed by atoms with van der Waals surface area (Å²) in [7, 11) is 0. The standard InChI is InChI=1S/C20H22ClN5O/c1-2-19-22-9-11-25(19)16-6-5-10-24(14-16)20(27)15-12-23-26(13-15)18-8-4-3-7-17(18)21/h3-4,7-9,11-13,16H,2,5-6,10,14H2,1H3. The van der Waals surface area contributed by atoms with Gasteiger partial charge in [0.25, 0.3) is 5.91 Å². The van der Waals surface area contributed by atoms with E-state index in [-0.39, 0.29) is 11.9 Å². The van der Waals surface area contributed by atoms with Gasteiger partial charge in [0.1, 0.15) is 5.82 Å². The van der Waals surface area contributed by atoms with Crippen LogP contribution in [-0.2, 0) is 6.42 Å². The topological polar surface area (TPSA) is 56.0 Å². The van der Waals surface area contributed by atoms with E-state index in [1.807, 2.05) is 41.6 Å². The van der Waals surface area contributed by atoms with Crippen LogP contribution in [0.5, 0.6) is 0 Å². The number of hydrogen-bond acceptors (Lipinski definition) is 3. The van der Waals surface area contributed by atoms with Gasteiger partial charge in [0.05, 0.1) is 28.5 Å². The van der Waals surface area contributed by atoms with Crippen LogP contribution in [-0.4, -0.2) is 43.2 Å². The van der Waals surface area contributed by atoms with Gasteiger partial charge < -0.3 is 9.47 Å². The fourth-order valence-corrected chi connectivity index (χ4v) is 3.92. The number of amides is 1. The molecule has 0 aliphatic carbocycles. The Labute approximate surface area is 163 Å². The lowest BCUT2D eigenvalue weighted by atomic mass is 10.0. The predicted octanol–water partition coefficient (Wildman–Crippen LogP) is 3.76. The van der Waals surface area contributed by atoms with Crippen molar-refractivity contribution < 1.29 is 4.79 Å². The van der Waals surface area contributed by atoms with E-state index in [2.05, 4.69) is 21.6 Å². The first-order chi connectivity index (χ1) is 13.2. The number of aryl methyl sites for hydroxylation is 1. The van der Waals surface area contributed by atoms with Gasteiger partial charge in [-0.3, -0.25) is 4.79 Å². The van der Waals surface area contributed by atoms with Crippen molar-refractivity contribution >= 4 is 17.5 Å². The molecule has 4 rings (SSSR count). The van der Waals surface area contributed by atoms with Crippen molar-refractivity contribution in [1.82, 2.24) is 24.2 Å². The SMILES string of the molecule is CCc1nccn1C1CCCN(C(=O)c2cnn(-c3ccccc3Cl)c2)C1.